The number of nitrogens with two attached hydrogens (primary N) is 1. The Bertz CT molecular complexity index is 306. The van der Waals surface area contributed by atoms with Gasteiger partial charge in [0.2, 0.25) is 0 Å². The summed E-state index contributed by atoms with van der Waals surface area (Å²) in [6.07, 6.45) is 10.1. The minimum absolute atomic E-state index is 0.425. The maximum Gasteiger partial charge on any atom is 0.108 e. The summed E-state index contributed by atoms with van der Waals surface area (Å²) >= 11 is 0. The molecule has 0 bridgehead atoms. The van der Waals surface area contributed by atoms with Crippen molar-refractivity contribution in [3.05, 3.63) is 18.2 Å². The SMILES string of the molecule is CCn1ccnc1CC1CCCC(N)C1. The van der Waals surface area contributed by atoms with E-state index >= 15 is 0 Å². The molecule has 0 amide bonds. The molecule has 1 aromatic heterocycles. The van der Waals surface area contributed by atoms with Gasteiger partial charge in [-0.2, -0.15) is 0 Å². The van der Waals surface area contributed by atoms with Crippen LogP contribution in [0, 0.1) is 5.92 Å². The molecular weight excluding hydrogens is 186 g/mol. The second-order valence-corrected chi connectivity index (χ2v) is 4.63. The maximum atomic E-state index is 6.00. The molecule has 1 aliphatic rings. The third-order valence-corrected chi connectivity index (χ3v) is 3.44. The molecule has 2 atom stereocenters. The van der Waals surface area contributed by atoms with E-state index in [2.05, 4.69) is 22.7 Å². The Kier molecular flexibility index (Phi) is 3.41. The van der Waals surface area contributed by atoms with Crippen LogP contribution in [0.4, 0.5) is 0 Å². The second-order valence-electron chi connectivity index (χ2n) is 4.63. The van der Waals surface area contributed by atoms with E-state index in [0.29, 0.717) is 6.04 Å². The summed E-state index contributed by atoms with van der Waals surface area (Å²) in [5.41, 5.74) is 6.00. The van der Waals surface area contributed by atoms with Gasteiger partial charge in [0.15, 0.2) is 0 Å². The third-order valence-electron chi connectivity index (χ3n) is 3.44. The number of rotatable bonds is 3. The Balaban J connectivity index is 1.96. The van der Waals surface area contributed by atoms with E-state index in [4.69, 9.17) is 5.73 Å². The van der Waals surface area contributed by atoms with Gasteiger partial charge in [-0.3, -0.25) is 0 Å². The van der Waals surface area contributed by atoms with Crippen molar-refractivity contribution in [2.24, 2.45) is 11.7 Å². The zero-order chi connectivity index (χ0) is 10.7. The number of imidazole rings is 1. The van der Waals surface area contributed by atoms with Crippen LogP contribution >= 0.6 is 0 Å². The van der Waals surface area contributed by atoms with Gasteiger partial charge in [-0.05, 0) is 32.1 Å². The highest BCUT2D eigenvalue weighted by atomic mass is 15.0. The van der Waals surface area contributed by atoms with Gasteiger partial charge in [0.05, 0.1) is 0 Å². The van der Waals surface area contributed by atoms with Crippen LogP contribution in [0.3, 0.4) is 0 Å². The molecule has 15 heavy (non-hydrogen) atoms. The first-order valence-electron chi connectivity index (χ1n) is 6.05. The second kappa shape index (κ2) is 4.79. The number of hydrogen-bond donors (Lipinski definition) is 1. The molecule has 0 aliphatic heterocycles. The van der Waals surface area contributed by atoms with Crippen molar-refractivity contribution >= 4 is 0 Å². The van der Waals surface area contributed by atoms with Gasteiger partial charge in [0.25, 0.3) is 0 Å². The number of nitrogens with zero attached hydrogens (tertiary/aromatic N) is 2. The lowest BCUT2D eigenvalue weighted by Crippen LogP contribution is -2.29. The molecule has 3 heteroatoms. The Morgan fingerprint density at radius 1 is 1.53 bits per heavy atom. The largest absolute Gasteiger partial charge is 0.335 e. The number of hydrogen-bond acceptors (Lipinski definition) is 2. The minimum atomic E-state index is 0.425. The van der Waals surface area contributed by atoms with Crippen LogP contribution in [0.1, 0.15) is 38.4 Å². The summed E-state index contributed by atoms with van der Waals surface area (Å²) in [6, 6.07) is 0.425. The van der Waals surface area contributed by atoms with Crippen molar-refractivity contribution in [2.45, 2.75) is 51.6 Å². The van der Waals surface area contributed by atoms with E-state index in [1.807, 2.05) is 6.20 Å². The lowest BCUT2D eigenvalue weighted by atomic mass is 9.84. The topological polar surface area (TPSA) is 43.8 Å². The quantitative estimate of drug-likeness (QED) is 0.823. The van der Waals surface area contributed by atoms with Crippen LogP contribution in [-0.2, 0) is 13.0 Å². The van der Waals surface area contributed by atoms with Crippen LogP contribution in [0.25, 0.3) is 0 Å². The Morgan fingerprint density at radius 3 is 3.13 bits per heavy atom. The smallest absolute Gasteiger partial charge is 0.108 e. The Labute approximate surface area is 91.7 Å². The van der Waals surface area contributed by atoms with Crippen LogP contribution in [0.15, 0.2) is 12.4 Å². The molecule has 2 unspecified atom stereocenters. The molecule has 1 fully saturated rings. The van der Waals surface area contributed by atoms with Gasteiger partial charge >= 0.3 is 0 Å². The molecule has 0 spiro atoms. The molecule has 1 saturated carbocycles. The first-order valence-corrected chi connectivity index (χ1v) is 6.05. The van der Waals surface area contributed by atoms with E-state index in [1.54, 1.807) is 0 Å². The lowest BCUT2D eigenvalue weighted by molar-refractivity contribution is 0.314. The molecule has 3 nitrogen and oxygen atoms in total. The van der Waals surface area contributed by atoms with Gasteiger partial charge in [0.1, 0.15) is 5.82 Å². The van der Waals surface area contributed by atoms with Crippen LogP contribution in [0.5, 0.6) is 0 Å². The van der Waals surface area contributed by atoms with E-state index in [1.165, 1.54) is 31.5 Å². The average Bonchev–Trinajstić information content (AvgIpc) is 2.65. The highest BCUT2D eigenvalue weighted by Gasteiger charge is 2.20. The summed E-state index contributed by atoms with van der Waals surface area (Å²) in [6.45, 7) is 3.19. The fourth-order valence-corrected chi connectivity index (χ4v) is 2.59. The van der Waals surface area contributed by atoms with E-state index < -0.39 is 0 Å². The standard InChI is InChI=1S/C12H21N3/c1-2-15-7-6-14-12(15)9-10-4-3-5-11(13)8-10/h6-7,10-11H,2-5,8-9,13H2,1H3. The zero-order valence-corrected chi connectivity index (χ0v) is 9.52. The highest BCUT2D eigenvalue weighted by Crippen LogP contribution is 2.25. The summed E-state index contributed by atoms with van der Waals surface area (Å²) in [5, 5.41) is 0. The normalized spacial score (nSPS) is 26.8. The van der Waals surface area contributed by atoms with Crippen molar-refractivity contribution in [1.82, 2.24) is 9.55 Å². The van der Waals surface area contributed by atoms with Crippen molar-refractivity contribution in [3.63, 3.8) is 0 Å². The molecule has 1 heterocycles. The number of aryl methyl sites for hydroxylation is 1. The van der Waals surface area contributed by atoms with E-state index in [9.17, 15) is 0 Å². The molecule has 1 aliphatic carbocycles. The fraction of sp³-hybridized carbons (Fsp3) is 0.750. The van der Waals surface area contributed by atoms with Gasteiger partial charge < -0.3 is 10.3 Å². The lowest BCUT2D eigenvalue weighted by Gasteiger charge is -2.26. The van der Waals surface area contributed by atoms with Crippen LogP contribution in [0.2, 0.25) is 0 Å². The summed E-state index contributed by atoms with van der Waals surface area (Å²) in [5.74, 6) is 1.98. The summed E-state index contributed by atoms with van der Waals surface area (Å²) in [7, 11) is 0. The monoisotopic (exact) mass is 207 g/mol. The highest BCUT2D eigenvalue weighted by molar-refractivity contribution is 4.95. The van der Waals surface area contributed by atoms with Gasteiger partial charge in [-0.25, -0.2) is 4.98 Å². The average molecular weight is 207 g/mol. The molecule has 84 valence electrons. The first kappa shape index (κ1) is 10.7. The molecular formula is C12H21N3. The van der Waals surface area contributed by atoms with Gasteiger partial charge in [-0.15, -0.1) is 0 Å². The molecule has 0 saturated heterocycles. The number of aromatic nitrogens is 2. The maximum absolute atomic E-state index is 6.00. The molecule has 2 rings (SSSR count). The van der Waals surface area contributed by atoms with E-state index in [-0.39, 0.29) is 0 Å². The van der Waals surface area contributed by atoms with Gasteiger partial charge in [-0.1, -0.05) is 6.42 Å². The summed E-state index contributed by atoms with van der Waals surface area (Å²) < 4.78 is 2.24. The third kappa shape index (κ3) is 2.59. The van der Waals surface area contributed by atoms with Gasteiger partial charge in [0, 0.05) is 31.4 Å². The van der Waals surface area contributed by atoms with Crippen molar-refractivity contribution in [2.75, 3.05) is 0 Å². The summed E-state index contributed by atoms with van der Waals surface area (Å²) in [4.78, 5) is 4.43. The molecule has 0 aromatic carbocycles. The zero-order valence-electron chi connectivity index (χ0n) is 9.52. The first-order chi connectivity index (χ1) is 7.29. The van der Waals surface area contributed by atoms with Crippen LogP contribution < -0.4 is 5.73 Å². The molecule has 1 aromatic rings. The van der Waals surface area contributed by atoms with E-state index in [0.717, 1.165) is 18.9 Å². The van der Waals surface area contributed by atoms with Crippen molar-refractivity contribution in [3.8, 4) is 0 Å². The Morgan fingerprint density at radius 2 is 2.40 bits per heavy atom. The van der Waals surface area contributed by atoms with Crippen molar-refractivity contribution in [1.29, 1.82) is 0 Å². The fourth-order valence-electron chi connectivity index (χ4n) is 2.59. The predicted octanol–water partition coefficient (Wildman–Crippen LogP) is 1.96. The Hall–Kier alpha value is -0.830. The molecule has 0 radical (unpaired) electrons. The van der Waals surface area contributed by atoms with Crippen molar-refractivity contribution < 1.29 is 0 Å². The molecule has 2 N–H and O–H groups in total. The predicted molar refractivity (Wildman–Crippen MR) is 61.5 cm³/mol. The minimum Gasteiger partial charge on any atom is -0.335 e. The van der Waals surface area contributed by atoms with Crippen LogP contribution in [-0.4, -0.2) is 15.6 Å².